The van der Waals surface area contributed by atoms with Crippen molar-refractivity contribution in [3.05, 3.63) is 115 Å². The van der Waals surface area contributed by atoms with Crippen molar-refractivity contribution in [3.63, 3.8) is 0 Å². The summed E-state index contributed by atoms with van der Waals surface area (Å²) in [6, 6.07) is 22.3. The van der Waals surface area contributed by atoms with Gasteiger partial charge >= 0.3 is 0 Å². The minimum Gasteiger partial charge on any atom is -0.493 e. The Morgan fingerprint density at radius 3 is 2.70 bits per heavy atom. The molecule has 0 saturated heterocycles. The molecule has 9 heteroatoms. The van der Waals surface area contributed by atoms with Gasteiger partial charge in [-0.05, 0) is 85.3 Å². The molecule has 0 saturated carbocycles. The highest BCUT2D eigenvalue weighted by molar-refractivity contribution is 6.05. The molecule has 1 aliphatic heterocycles. The van der Waals surface area contributed by atoms with Gasteiger partial charge in [-0.2, -0.15) is 0 Å². The van der Waals surface area contributed by atoms with Gasteiger partial charge in [0, 0.05) is 47.5 Å². The Balaban J connectivity index is 1.44. The number of hydrogen-bond donors (Lipinski definition) is 3. The first-order valence-electron chi connectivity index (χ1n) is 14.2. The van der Waals surface area contributed by atoms with Crippen molar-refractivity contribution < 1.29 is 14.3 Å². The van der Waals surface area contributed by atoms with Crippen LogP contribution in [0.25, 0.3) is 11.3 Å². The van der Waals surface area contributed by atoms with Crippen molar-refractivity contribution in [3.8, 4) is 17.0 Å². The summed E-state index contributed by atoms with van der Waals surface area (Å²) < 4.78 is 5.97. The fourth-order valence-corrected chi connectivity index (χ4v) is 4.63. The summed E-state index contributed by atoms with van der Waals surface area (Å²) in [6.45, 7) is 8.48. The molecule has 43 heavy (non-hydrogen) atoms. The third-order valence-corrected chi connectivity index (χ3v) is 6.83. The Bertz CT molecular complexity index is 1630. The summed E-state index contributed by atoms with van der Waals surface area (Å²) in [5.74, 6) is 0.645. The smallest absolute Gasteiger partial charge is 0.255 e. The molecular weight excluding hydrogens is 540 g/mol. The average Bonchev–Trinajstić information content (AvgIpc) is 3.02. The van der Waals surface area contributed by atoms with Crippen molar-refractivity contribution in [1.82, 2.24) is 14.9 Å². The second kappa shape index (κ2) is 14.1. The normalized spacial score (nSPS) is 14.2. The van der Waals surface area contributed by atoms with E-state index in [0.717, 1.165) is 47.8 Å². The summed E-state index contributed by atoms with van der Waals surface area (Å²) in [4.78, 5) is 36.3. The minimum absolute atomic E-state index is 0.269. The van der Waals surface area contributed by atoms with Crippen LogP contribution >= 0.6 is 0 Å². The van der Waals surface area contributed by atoms with Crippen molar-refractivity contribution >= 4 is 34.8 Å². The number of nitrogens with one attached hydrogen (secondary N) is 3. The number of benzene rings is 3. The zero-order valence-corrected chi connectivity index (χ0v) is 24.0. The van der Waals surface area contributed by atoms with E-state index < -0.39 is 0 Å². The predicted octanol–water partition coefficient (Wildman–Crippen LogP) is 6.42. The van der Waals surface area contributed by atoms with Crippen LogP contribution < -0.4 is 20.7 Å². The highest BCUT2D eigenvalue weighted by Gasteiger charge is 2.12. The number of rotatable bonds is 5. The average molecular weight is 575 g/mol. The number of carbonyl (C=O) groups excluding carboxylic acids is 2. The molecule has 1 aliphatic rings. The van der Waals surface area contributed by atoms with Gasteiger partial charge in [0.05, 0.1) is 12.3 Å². The zero-order chi connectivity index (χ0) is 30.0. The van der Waals surface area contributed by atoms with Gasteiger partial charge < -0.3 is 20.7 Å². The number of carbonyl (C=O) groups is 2. The number of ether oxygens (including phenoxy) is 1. The Morgan fingerprint density at radius 1 is 1.02 bits per heavy atom. The maximum absolute atomic E-state index is 13.2. The monoisotopic (exact) mass is 574 g/mol. The van der Waals surface area contributed by atoms with Crippen LogP contribution in [-0.4, -0.2) is 46.4 Å². The maximum atomic E-state index is 13.2. The van der Waals surface area contributed by atoms with Gasteiger partial charge in [0.1, 0.15) is 5.75 Å². The lowest BCUT2D eigenvalue weighted by molar-refractivity contribution is -0.111. The zero-order valence-electron chi connectivity index (χ0n) is 24.0. The summed E-state index contributed by atoms with van der Waals surface area (Å²) in [5, 5.41) is 9.03. The van der Waals surface area contributed by atoms with Crippen LogP contribution in [0.3, 0.4) is 0 Å². The lowest BCUT2D eigenvalue weighted by atomic mass is 10.1. The maximum Gasteiger partial charge on any atom is 0.255 e. The molecular formula is C34H34N6O3. The number of nitrogens with zero attached hydrogens (tertiary/aromatic N) is 3. The Hall–Kier alpha value is -5.28. The second-order valence-corrected chi connectivity index (χ2v) is 10.00. The van der Waals surface area contributed by atoms with Crippen LogP contribution in [0.5, 0.6) is 5.75 Å². The highest BCUT2D eigenvalue weighted by atomic mass is 16.5. The number of anilines is 4. The van der Waals surface area contributed by atoms with E-state index in [2.05, 4.69) is 51.5 Å². The van der Waals surface area contributed by atoms with Gasteiger partial charge in [0.15, 0.2) is 0 Å². The molecule has 2 heterocycles. The molecule has 0 aliphatic carbocycles. The molecule has 0 atom stereocenters. The summed E-state index contributed by atoms with van der Waals surface area (Å²) in [6.07, 6.45) is 8.02. The molecule has 4 aromatic rings. The predicted molar refractivity (Wildman–Crippen MR) is 171 cm³/mol. The van der Waals surface area contributed by atoms with E-state index in [1.807, 2.05) is 48.5 Å². The minimum atomic E-state index is -0.314. The third kappa shape index (κ3) is 8.15. The van der Waals surface area contributed by atoms with Crippen molar-refractivity contribution in [1.29, 1.82) is 0 Å². The van der Waals surface area contributed by atoms with Gasteiger partial charge in [0.2, 0.25) is 11.9 Å². The lowest BCUT2D eigenvalue weighted by Crippen LogP contribution is -2.23. The second-order valence-electron chi connectivity index (χ2n) is 10.00. The molecule has 5 rings (SSSR count). The molecule has 3 aromatic carbocycles. The first-order chi connectivity index (χ1) is 21.0. The lowest BCUT2D eigenvalue weighted by Gasteiger charge is -2.20. The number of amides is 2. The number of likely N-dealkylation sites (N-methyl/N-ethyl adjacent to an activating group) is 1. The van der Waals surface area contributed by atoms with Crippen LogP contribution in [0.4, 0.5) is 23.0 Å². The third-order valence-electron chi connectivity index (χ3n) is 6.83. The van der Waals surface area contributed by atoms with Crippen LogP contribution in [0, 0.1) is 0 Å². The van der Waals surface area contributed by atoms with Gasteiger partial charge in [-0.1, -0.05) is 37.8 Å². The van der Waals surface area contributed by atoms with Gasteiger partial charge in [-0.3, -0.25) is 14.5 Å². The molecule has 9 nitrogen and oxygen atoms in total. The molecule has 2 amide bonds. The standard InChI is InChI=1S/C34H34N6O3/c1-3-32(41)36-27-13-11-25(12-14-27)33(42)37-28-19-24-20-29(22-28)38-34-35-16-15-31(39-34)26-9-8-10-30(21-26)43-18-7-5-6-17-40(4-2)23-24/h3,5-6,8-16,19-22H,1,4,7,17-18,23H2,2H3,(H,36,41)(H,37,42)(H,35,38,39)/b6-5+. The topological polar surface area (TPSA) is 108 Å². The quantitative estimate of drug-likeness (QED) is 0.186. The fourth-order valence-electron chi connectivity index (χ4n) is 4.63. The van der Waals surface area contributed by atoms with Gasteiger partial charge in [0.25, 0.3) is 5.91 Å². The van der Waals surface area contributed by atoms with Crippen LogP contribution in [-0.2, 0) is 11.3 Å². The molecule has 1 aromatic heterocycles. The number of hydrogen-bond acceptors (Lipinski definition) is 7. The van der Waals surface area contributed by atoms with Crippen LogP contribution in [0.15, 0.2) is 104 Å². The fraction of sp³-hybridized carbons (Fsp3) is 0.176. The number of aromatic nitrogens is 2. The Labute approximate surface area is 251 Å². The largest absolute Gasteiger partial charge is 0.493 e. The molecule has 0 spiro atoms. The van der Waals surface area contributed by atoms with Crippen LogP contribution in [0.1, 0.15) is 29.3 Å². The summed E-state index contributed by atoms with van der Waals surface area (Å²) >= 11 is 0. The van der Waals surface area contributed by atoms with Gasteiger partial charge in [-0.15, -0.1) is 0 Å². The van der Waals surface area contributed by atoms with E-state index in [0.29, 0.717) is 36.0 Å². The van der Waals surface area contributed by atoms with E-state index in [-0.39, 0.29) is 11.8 Å². The molecule has 0 fully saturated rings. The van der Waals surface area contributed by atoms with Crippen molar-refractivity contribution in [2.45, 2.75) is 19.9 Å². The Kier molecular flexibility index (Phi) is 9.56. The van der Waals surface area contributed by atoms with E-state index in [1.165, 1.54) is 6.08 Å². The first kappa shape index (κ1) is 29.2. The van der Waals surface area contributed by atoms with E-state index in [4.69, 9.17) is 9.72 Å². The van der Waals surface area contributed by atoms with E-state index in [9.17, 15) is 9.59 Å². The number of fused-ring (bicyclic) bond motifs is 7. The summed E-state index contributed by atoms with van der Waals surface area (Å²) in [5.41, 5.74) is 5.13. The molecule has 218 valence electrons. The molecule has 0 unspecified atom stereocenters. The van der Waals surface area contributed by atoms with Crippen molar-refractivity contribution in [2.24, 2.45) is 0 Å². The highest BCUT2D eigenvalue weighted by Crippen LogP contribution is 2.26. The molecule has 3 N–H and O–H groups in total. The molecule has 6 bridgehead atoms. The van der Waals surface area contributed by atoms with Gasteiger partial charge in [-0.25, -0.2) is 9.97 Å². The SMILES string of the molecule is C=CC(=O)Nc1ccc(C(=O)Nc2cc3cc(c2)Nc2nccc(n2)-c2cccc(c2)OCC/C=C/CN(CC)C3)cc1. The first-order valence-corrected chi connectivity index (χ1v) is 14.2. The molecule has 0 radical (unpaired) electrons. The van der Waals surface area contributed by atoms with Crippen molar-refractivity contribution in [2.75, 3.05) is 35.6 Å². The van der Waals surface area contributed by atoms with Crippen LogP contribution in [0.2, 0.25) is 0 Å². The Morgan fingerprint density at radius 2 is 1.88 bits per heavy atom. The van der Waals surface area contributed by atoms with E-state index >= 15 is 0 Å². The van der Waals surface area contributed by atoms with E-state index in [1.54, 1.807) is 30.5 Å². The summed E-state index contributed by atoms with van der Waals surface area (Å²) in [7, 11) is 0.